The van der Waals surface area contributed by atoms with Crippen molar-refractivity contribution in [1.29, 1.82) is 5.26 Å². The lowest BCUT2D eigenvalue weighted by Crippen LogP contribution is -2.06. The van der Waals surface area contributed by atoms with Crippen molar-refractivity contribution in [3.05, 3.63) is 27.7 Å². The number of nitrogens with one attached hydrogen (secondary N) is 1. The van der Waals surface area contributed by atoms with E-state index in [-0.39, 0.29) is 21.5 Å². The minimum absolute atomic E-state index is 0.162. The Morgan fingerprint density at radius 3 is 2.64 bits per heavy atom. The van der Waals surface area contributed by atoms with Crippen molar-refractivity contribution in [3.8, 4) is 6.07 Å². The van der Waals surface area contributed by atoms with Gasteiger partial charge in [0.25, 0.3) is 0 Å². The fourth-order valence-electron chi connectivity index (χ4n) is 0.941. The highest BCUT2D eigenvalue weighted by Crippen LogP contribution is 2.30. The Labute approximate surface area is 91.2 Å². The summed E-state index contributed by atoms with van der Waals surface area (Å²) in [5, 5.41) is 11.7. The maximum absolute atomic E-state index is 10.8. The van der Waals surface area contributed by atoms with Crippen molar-refractivity contribution in [3.63, 3.8) is 0 Å². The largest absolute Gasteiger partial charge is 0.325 e. The molecule has 14 heavy (non-hydrogen) atoms. The summed E-state index contributed by atoms with van der Waals surface area (Å²) in [6.07, 6.45) is 0. The third kappa shape index (κ3) is 2.16. The average molecular weight is 229 g/mol. The van der Waals surface area contributed by atoms with Crippen LogP contribution < -0.4 is 5.32 Å². The molecule has 0 aromatic heterocycles. The Bertz CT molecular complexity index is 424. The molecule has 0 bridgehead atoms. The van der Waals surface area contributed by atoms with Gasteiger partial charge >= 0.3 is 0 Å². The van der Waals surface area contributed by atoms with E-state index >= 15 is 0 Å². The predicted octanol–water partition coefficient (Wildman–Crippen LogP) is 2.82. The molecule has 5 heteroatoms. The van der Waals surface area contributed by atoms with E-state index in [9.17, 15) is 4.79 Å². The first-order valence-corrected chi connectivity index (χ1v) is 4.47. The molecule has 0 spiro atoms. The first-order chi connectivity index (χ1) is 6.56. The summed E-state index contributed by atoms with van der Waals surface area (Å²) in [6.45, 7) is 1.36. The van der Waals surface area contributed by atoms with E-state index in [0.717, 1.165) is 0 Å². The summed E-state index contributed by atoms with van der Waals surface area (Å²) in [4.78, 5) is 10.8. The van der Waals surface area contributed by atoms with E-state index in [2.05, 4.69) is 5.32 Å². The van der Waals surface area contributed by atoms with Crippen LogP contribution in [0, 0.1) is 11.3 Å². The predicted molar refractivity (Wildman–Crippen MR) is 55.5 cm³/mol. The first kappa shape index (κ1) is 10.8. The number of nitrogens with zero attached hydrogens (tertiary/aromatic N) is 1. The molecule has 3 nitrogen and oxygen atoms in total. The number of halogens is 2. The zero-order valence-electron chi connectivity index (χ0n) is 7.27. The Balaban J connectivity index is 3.23. The molecule has 0 aliphatic carbocycles. The molecule has 0 fully saturated rings. The van der Waals surface area contributed by atoms with Crippen molar-refractivity contribution >= 4 is 34.8 Å². The van der Waals surface area contributed by atoms with E-state index < -0.39 is 0 Å². The van der Waals surface area contributed by atoms with Gasteiger partial charge in [0.1, 0.15) is 6.07 Å². The van der Waals surface area contributed by atoms with E-state index in [0.29, 0.717) is 5.69 Å². The molecule has 1 rings (SSSR count). The normalized spacial score (nSPS) is 9.29. The molecule has 1 N–H and O–H groups in total. The van der Waals surface area contributed by atoms with Crippen molar-refractivity contribution in [2.24, 2.45) is 0 Å². The Morgan fingerprint density at radius 1 is 1.50 bits per heavy atom. The number of benzene rings is 1. The highest BCUT2D eigenvalue weighted by atomic mass is 35.5. The quantitative estimate of drug-likeness (QED) is 0.804. The maximum atomic E-state index is 10.8. The zero-order valence-corrected chi connectivity index (χ0v) is 8.78. The van der Waals surface area contributed by atoms with Crippen molar-refractivity contribution in [2.45, 2.75) is 6.92 Å². The van der Waals surface area contributed by atoms with Crippen LogP contribution in [-0.2, 0) is 4.79 Å². The van der Waals surface area contributed by atoms with Gasteiger partial charge < -0.3 is 5.32 Å². The number of amides is 1. The standard InChI is InChI=1S/C9H6Cl2N2O/c1-5(14)13-8-3-2-7(10)6(4-12)9(8)11/h2-3H,1H3,(H,13,14). The Morgan fingerprint density at radius 2 is 2.14 bits per heavy atom. The molecule has 0 aliphatic heterocycles. The number of anilines is 1. The van der Waals surface area contributed by atoms with Crippen LogP contribution in [0.4, 0.5) is 5.69 Å². The molecule has 0 aliphatic rings. The molecular weight excluding hydrogens is 223 g/mol. The van der Waals surface area contributed by atoms with E-state index in [1.54, 1.807) is 6.07 Å². The second kappa shape index (κ2) is 4.32. The molecule has 0 unspecified atom stereocenters. The van der Waals surface area contributed by atoms with Gasteiger partial charge in [-0.25, -0.2) is 0 Å². The van der Waals surface area contributed by atoms with Crippen LogP contribution in [0.25, 0.3) is 0 Å². The number of carbonyl (C=O) groups excluding carboxylic acids is 1. The summed E-state index contributed by atoms with van der Waals surface area (Å²) in [7, 11) is 0. The Hall–Kier alpha value is -1.24. The van der Waals surface area contributed by atoms with Gasteiger partial charge in [-0.05, 0) is 12.1 Å². The third-order valence-corrected chi connectivity index (χ3v) is 2.22. The minimum atomic E-state index is -0.252. The zero-order chi connectivity index (χ0) is 10.7. The number of nitriles is 1. The van der Waals surface area contributed by atoms with E-state index in [1.165, 1.54) is 13.0 Å². The lowest BCUT2D eigenvalue weighted by Gasteiger charge is -2.06. The number of hydrogen-bond donors (Lipinski definition) is 1. The van der Waals surface area contributed by atoms with Gasteiger partial charge in [-0.1, -0.05) is 23.2 Å². The molecule has 0 saturated heterocycles. The second-order valence-corrected chi connectivity index (χ2v) is 3.36. The molecule has 1 amide bonds. The minimum Gasteiger partial charge on any atom is -0.325 e. The van der Waals surface area contributed by atoms with Crippen molar-refractivity contribution in [2.75, 3.05) is 5.32 Å². The number of hydrogen-bond acceptors (Lipinski definition) is 2. The van der Waals surface area contributed by atoms with Gasteiger partial charge in [0.15, 0.2) is 0 Å². The van der Waals surface area contributed by atoms with Gasteiger partial charge in [0.05, 0.1) is 21.3 Å². The molecule has 0 saturated carbocycles. The summed E-state index contributed by atoms with van der Waals surface area (Å²) >= 11 is 11.6. The van der Waals surface area contributed by atoms with Crippen molar-refractivity contribution < 1.29 is 4.79 Å². The summed E-state index contributed by atoms with van der Waals surface area (Å²) in [6, 6.07) is 4.92. The van der Waals surface area contributed by atoms with Crippen LogP contribution in [0.5, 0.6) is 0 Å². The van der Waals surface area contributed by atoms with Crippen LogP contribution in [0.3, 0.4) is 0 Å². The monoisotopic (exact) mass is 228 g/mol. The number of rotatable bonds is 1. The lowest BCUT2D eigenvalue weighted by atomic mass is 10.2. The second-order valence-electron chi connectivity index (χ2n) is 2.58. The lowest BCUT2D eigenvalue weighted by molar-refractivity contribution is -0.114. The van der Waals surface area contributed by atoms with E-state index in [4.69, 9.17) is 28.5 Å². The maximum Gasteiger partial charge on any atom is 0.221 e. The van der Waals surface area contributed by atoms with Gasteiger partial charge in [-0.3, -0.25) is 4.79 Å². The van der Waals surface area contributed by atoms with Gasteiger partial charge in [0.2, 0.25) is 5.91 Å². The SMILES string of the molecule is CC(=O)Nc1ccc(Cl)c(C#N)c1Cl. The summed E-state index contributed by atoms with van der Waals surface area (Å²) < 4.78 is 0. The molecular formula is C9H6Cl2N2O. The average Bonchev–Trinajstić information content (AvgIpc) is 2.10. The van der Waals surface area contributed by atoms with Crippen LogP contribution in [0.15, 0.2) is 12.1 Å². The number of carbonyl (C=O) groups is 1. The fourth-order valence-corrected chi connectivity index (χ4v) is 1.44. The smallest absolute Gasteiger partial charge is 0.221 e. The first-order valence-electron chi connectivity index (χ1n) is 3.72. The highest BCUT2D eigenvalue weighted by molar-refractivity contribution is 6.38. The Kier molecular flexibility index (Phi) is 3.34. The summed E-state index contributed by atoms with van der Waals surface area (Å²) in [5.74, 6) is -0.252. The van der Waals surface area contributed by atoms with Crippen molar-refractivity contribution in [1.82, 2.24) is 0 Å². The highest BCUT2D eigenvalue weighted by Gasteiger charge is 2.10. The molecule has 1 aromatic rings. The van der Waals surface area contributed by atoms with Crippen LogP contribution in [0.1, 0.15) is 12.5 Å². The van der Waals surface area contributed by atoms with Gasteiger partial charge in [-0.2, -0.15) is 5.26 Å². The van der Waals surface area contributed by atoms with E-state index in [1.807, 2.05) is 6.07 Å². The fraction of sp³-hybridized carbons (Fsp3) is 0.111. The van der Waals surface area contributed by atoms with Crippen LogP contribution >= 0.6 is 23.2 Å². The van der Waals surface area contributed by atoms with Crippen LogP contribution in [-0.4, -0.2) is 5.91 Å². The molecule has 0 atom stereocenters. The third-order valence-electron chi connectivity index (χ3n) is 1.51. The van der Waals surface area contributed by atoms with Gasteiger partial charge in [0, 0.05) is 6.92 Å². The molecule has 0 radical (unpaired) electrons. The molecule has 1 aromatic carbocycles. The van der Waals surface area contributed by atoms with Crippen LogP contribution in [0.2, 0.25) is 10.0 Å². The molecule has 72 valence electrons. The summed E-state index contributed by atoms with van der Waals surface area (Å²) in [5.41, 5.74) is 0.555. The topological polar surface area (TPSA) is 52.9 Å². The molecule has 0 heterocycles. The van der Waals surface area contributed by atoms with Gasteiger partial charge in [-0.15, -0.1) is 0 Å².